The molecule has 1 saturated heterocycles. The van der Waals surface area contributed by atoms with Crippen molar-refractivity contribution in [1.82, 2.24) is 9.62 Å². The van der Waals surface area contributed by atoms with Crippen LogP contribution in [0.4, 0.5) is 5.69 Å². The SMILES string of the molecule is CCCS(=O)(=O)N1CCC(NC(=S)Nc2cccc(C)c2)CC1. The number of nitrogens with zero attached hydrogens (tertiary/aromatic N) is 1. The third-order valence-corrected chi connectivity index (χ3v) is 6.22. The molecule has 1 aromatic rings. The molecule has 7 heteroatoms. The monoisotopic (exact) mass is 355 g/mol. The maximum absolute atomic E-state index is 12.1. The smallest absolute Gasteiger partial charge is 0.214 e. The summed E-state index contributed by atoms with van der Waals surface area (Å²) in [6.07, 6.45) is 2.21. The van der Waals surface area contributed by atoms with Gasteiger partial charge in [0.05, 0.1) is 5.75 Å². The Morgan fingerprint density at radius 3 is 2.65 bits per heavy atom. The number of hydrogen-bond donors (Lipinski definition) is 2. The fourth-order valence-corrected chi connectivity index (χ4v) is 4.57. The minimum Gasteiger partial charge on any atom is -0.360 e. The van der Waals surface area contributed by atoms with Gasteiger partial charge in [-0.3, -0.25) is 0 Å². The van der Waals surface area contributed by atoms with Gasteiger partial charge in [-0.1, -0.05) is 19.1 Å². The number of aryl methyl sites for hydroxylation is 1. The topological polar surface area (TPSA) is 61.4 Å². The zero-order valence-corrected chi connectivity index (χ0v) is 15.3. The first-order chi connectivity index (χ1) is 10.9. The molecule has 0 atom stereocenters. The van der Waals surface area contributed by atoms with Crippen LogP contribution in [0.3, 0.4) is 0 Å². The Balaban J connectivity index is 1.81. The normalized spacial score (nSPS) is 17.0. The molecule has 0 radical (unpaired) electrons. The number of rotatable bonds is 5. The maximum Gasteiger partial charge on any atom is 0.214 e. The van der Waals surface area contributed by atoms with E-state index in [2.05, 4.69) is 10.6 Å². The van der Waals surface area contributed by atoms with Gasteiger partial charge < -0.3 is 10.6 Å². The molecule has 2 rings (SSSR count). The van der Waals surface area contributed by atoms with Crippen LogP contribution in [0, 0.1) is 6.92 Å². The van der Waals surface area contributed by atoms with Crippen molar-refractivity contribution in [2.24, 2.45) is 0 Å². The Morgan fingerprint density at radius 2 is 2.04 bits per heavy atom. The van der Waals surface area contributed by atoms with E-state index in [-0.39, 0.29) is 11.8 Å². The first-order valence-corrected chi connectivity index (χ1v) is 10.0. The van der Waals surface area contributed by atoms with E-state index in [0.717, 1.165) is 18.5 Å². The third kappa shape index (κ3) is 5.44. The van der Waals surface area contributed by atoms with Crippen LogP contribution in [-0.4, -0.2) is 42.7 Å². The zero-order valence-electron chi connectivity index (χ0n) is 13.7. The van der Waals surface area contributed by atoms with Gasteiger partial charge in [-0.2, -0.15) is 0 Å². The molecule has 0 saturated carbocycles. The van der Waals surface area contributed by atoms with Gasteiger partial charge in [0.1, 0.15) is 0 Å². The molecule has 1 aliphatic heterocycles. The Kier molecular flexibility index (Phi) is 6.38. The zero-order chi connectivity index (χ0) is 16.9. The second-order valence-corrected chi connectivity index (χ2v) is 8.45. The van der Waals surface area contributed by atoms with Crippen molar-refractivity contribution in [2.75, 3.05) is 24.2 Å². The molecule has 2 N–H and O–H groups in total. The quantitative estimate of drug-likeness (QED) is 0.795. The minimum absolute atomic E-state index is 0.216. The Labute approximate surface area is 144 Å². The number of nitrogens with one attached hydrogen (secondary N) is 2. The third-order valence-electron chi connectivity index (χ3n) is 3.92. The van der Waals surface area contributed by atoms with E-state index < -0.39 is 10.0 Å². The van der Waals surface area contributed by atoms with Crippen molar-refractivity contribution in [1.29, 1.82) is 0 Å². The van der Waals surface area contributed by atoms with Crippen molar-refractivity contribution in [3.05, 3.63) is 29.8 Å². The lowest BCUT2D eigenvalue weighted by atomic mass is 10.1. The largest absolute Gasteiger partial charge is 0.360 e. The summed E-state index contributed by atoms with van der Waals surface area (Å²) in [5, 5.41) is 7.06. The second-order valence-electron chi connectivity index (χ2n) is 5.96. The van der Waals surface area contributed by atoms with Crippen LogP contribution in [0.5, 0.6) is 0 Å². The second kappa shape index (κ2) is 8.08. The Bertz CT molecular complexity index is 638. The lowest BCUT2D eigenvalue weighted by molar-refractivity contribution is 0.308. The van der Waals surface area contributed by atoms with Gasteiger partial charge >= 0.3 is 0 Å². The summed E-state index contributed by atoms with van der Waals surface area (Å²) in [6, 6.07) is 8.24. The standard InChI is InChI=1S/C16H25N3O2S2/c1-3-11-23(20,21)19-9-7-14(8-10-19)17-16(22)18-15-6-4-5-13(2)12-15/h4-6,12,14H,3,7-11H2,1-2H3,(H2,17,18,22). The molecule has 23 heavy (non-hydrogen) atoms. The molecular formula is C16H25N3O2S2. The lowest BCUT2D eigenvalue weighted by Crippen LogP contribution is -2.47. The molecule has 0 amide bonds. The first kappa shape index (κ1) is 18.2. The Hall–Kier alpha value is -1.18. The molecule has 0 aliphatic carbocycles. The molecule has 1 fully saturated rings. The van der Waals surface area contributed by atoms with Gasteiger partial charge in [0, 0.05) is 24.8 Å². The highest BCUT2D eigenvalue weighted by Crippen LogP contribution is 2.16. The number of piperidine rings is 1. The fourth-order valence-electron chi connectivity index (χ4n) is 2.74. The Morgan fingerprint density at radius 1 is 1.35 bits per heavy atom. The molecule has 0 unspecified atom stereocenters. The van der Waals surface area contributed by atoms with Gasteiger partial charge in [0.2, 0.25) is 10.0 Å². The van der Waals surface area contributed by atoms with E-state index in [0.29, 0.717) is 24.6 Å². The predicted molar refractivity (Wildman–Crippen MR) is 99.2 cm³/mol. The van der Waals surface area contributed by atoms with Crippen molar-refractivity contribution >= 4 is 33.0 Å². The van der Waals surface area contributed by atoms with E-state index in [1.807, 2.05) is 38.1 Å². The highest BCUT2D eigenvalue weighted by Gasteiger charge is 2.27. The molecule has 0 aromatic heterocycles. The predicted octanol–water partition coefficient (Wildman–Crippen LogP) is 2.49. The van der Waals surface area contributed by atoms with Crippen molar-refractivity contribution in [3.63, 3.8) is 0 Å². The molecule has 1 aliphatic rings. The molecule has 5 nitrogen and oxygen atoms in total. The average Bonchev–Trinajstić information content (AvgIpc) is 2.47. The van der Waals surface area contributed by atoms with Crippen molar-refractivity contribution < 1.29 is 8.42 Å². The molecule has 128 valence electrons. The minimum atomic E-state index is -3.08. The van der Waals surface area contributed by atoms with Gasteiger partial charge in [0.15, 0.2) is 5.11 Å². The van der Waals surface area contributed by atoms with Crippen LogP contribution < -0.4 is 10.6 Å². The lowest BCUT2D eigenvalue weighted by Gasteiger charge is -2.32. The summed E-state index contributed by atoms with van der Waals surface area (Å²) in [6.45, 7) is 5.05. The van der Waals surface area contributed by atoms with Gasteiger partial charge in [-0.05, 0) is 56.1 Å². The average molecular weight is 356 g/mol. The van der Waals surface area contributed by atoms with E-state index in [1.54, 1.807) is 4.31 Å². The summed E-state index contributed by atoms with van der Waals surface area (Å²) in [5.74, 6) is 0.235. The summed E-state index contributed by atoms with van der Waals surface area (Å²) in [5.41, 5.74) is 2.14. The summed E-state index contributed by atoms with van der Waals surface area (Å²) in [7, 11) is -3.08. The van der Waals surface area contributed by atoms with Crippen LogP contribution in [0.15, 0.2) is 24.3 Å². The van der Waals surface area contributed by atoms with Crippen molar-refractivity contribution in [2.45, 2.75) is 39.2 Å². The number of anilines is 1. The first-order valence-electron chi connectivity index (χ1n) is 8.02. The highest BCUT2D eigenvalue weighted by molar-refractivity contribution is 7.89. The number of thiocarbonyl (C=S) groups is 1. The van der Waals surface area contributed by atoms with Crippen LogP contribution >= 0.6 is 12.2 Å². The molecule has 0 spiro atoms. The van der Waals surface area contributed by atoms with Crippen molar-refractivity contribution in [3.8, 4) is 0 Å². The summed E-state index contributed by atoms with van der Waals surface area (Å²) < 4.78 is 25.7. The van der Waals surface area contributed by atoms with Gasteiger partial charge in [-0.15, -0.1) is 0 Å². The number of benzene rings is 1. The van der Waals surface area contributed by atoms with E-state index >= 15 is 0 Å². The van der Waals surface area contributed by atoms with Gasteiger partial charge in [0.25, 0.3) is 0 Å². The number of hydrogen-bond acceptors (Lipinski definition) is 3. The van der Waals surface area contributed by atoms with Crippen LogP contribution in [0.25, 0.3) is 0 Å². The van der Waals surface area contributed by atoms with E-state index in [9.17, 15) is 8.42 Å². The molecule has 1 aromatic carbocycles. The number of sulfonamides is 1. The summed E-state index contributed by atoms with van der Waals surface area (Å²) in [4.78, 5) is 0. The van der Waals surface area contributed by atoms with Crippen LogP contribution in [0.1, 0.15) is 31.7 Å². The van der Waals surface area contributed by atoms with E-state index in [4.69, 9.17) is 12.2 Å². The van der Waals surface area contributed by atoms with Crippen LogP contribution in [0.2, 0.25) is 0 Å². The van der Waals surface area contributed by atoms with E-state index in [1.165, 1.54) is 5.56 Å². The van der Waals surface area contributed by atoms with Crippen LogP contribution in [-0.2, 0) is 10.0 Å². The summed E-state index contributed by atoms with van der Waals surface area (Å²) >= 11 is 5.35. The van der Waals surface area contributed by atoms with Gasteiger partial charge in [-0.25, -0.2) is 12.7 Å². The fraction of sp³-hybridized carbons (Fsp3) is 0.562. The molecule has 1 heterocycles. The molecule has 0 bridgehead atoms. The molecular weight excluding hydrogens is 330 g/mol. The highest BCUT2D eigenvalue weighted by atomic mass is 32.2. The maximum atomic E-state index is 12.1.